The van der Waals surface area contributed by atoms with Crippen molar-refractivity contribution in [1.82, 2.24) is 9.88 Å². The molecule has 3 N–H and O–H groups in total. The largest absolute Gasteiger partial charge is 0.370 e. The number of hydrogen-bond donors (Lipinski definition) is 2. The third-order valence-corrected chi connectivity index (χ3v) is 2.96. The molecule has 5 nitrogen and oxygen atoms in total. The molecule has 0 spiro atoms. The average Bonchev–Trinajstić information content (AvgIpc) is 2.48. The van der Waals surface area contributed by atoms with Crippen LogP contribution in [0.5, 0.6) is 0 Å². The molecule has 0 saturated carbocycles. The van der Waals surface area contributed by atoms with Crippen LogP contribution < -0.4 is 11.1 Å². The van der Waals surface area contributed by atoms with Crippen LogP contribution in [0.15, 0.2) is 47.6 Å². The smallest absolute Gasteiger partial charge is 0.194 e. The first-order chi connectivity index (χ1) is 10.5. The zero-order valence-corrected chi connectivity index (χ0v) is 15.5. The first-order valence-electron chi connectivity index (χ1n) is 6.94. The molecule has 0 unspecified atom stereocenters. The second-order valence-electron chi connectivity index (χ2n) is 5.20. The van der Waals surface area contributed by atoms with Crippen molar-refractivity contribution in [3.63, 3.8) is 0 Å². The maximum absolute atomic E-state index is 13.9. The number of hydrogen-bond acceptors (Lipinski definition) is 3. The monoisotopic (exact) mass is 429 g/mol. The van der Waals surface area contributed by atoms with Gasteiger partial charge in [0.05, 0.1) is 6.54 Å². The summed E-state index contributed by atoms with van der Waals surface area (Å²) in [4.78, 5) is 10.2. The molecule has 0 fully saturated rings. The summed E-state index contributed by atoms with van der Waals surface area (Å²) in [6.07, 6.45) is 1.66. The van der Waals surface area contributed by atoms with Crippen molar-refractivity contribution in [2.75, 3.05) is 19.4 Å². The average molecular weight is 429 g/mol. The van der Waals surface area contributed by atoms with E-state index in [4.69, 9.17) is 5.73 Å². The normalized spacial score (nSPS) is 11.2. The van der Waals surface area contributed by atoms with Crippen molar-refractivity contribution in [2.24, 2.45) is 10.7 Å². The van der Waals surface area contributed by atoms with E-state index in [0.29, 0.717) is 24.5 Å². The van der Waals surface area contributed by atoms with Gasteiger partial charge in [-0.2, -0.15) is 0 Å². The molecule has 2 rings (SSSR count). The van der Waals surface area contributed by atoms with Crippen LogP contribution in [-0.4, -0.2) is 29.9 Å². The van der Waals surface area contributed by atoms with Gasteiger partial charge < -0.3 is 16.0 Å². The van der Waals surface area contributed by atoms with Gasteiger partial charge in [0.2, 0.25) is 0 Å². The second kappa shape index (κ2) is 9.41. The van der Waals surface area contributed by atoms with Gasteiger partial charge in [0, 0.05) is 18.3 Å². The molecule has 0 radical (unpaired) electrons. The van der Waals surface area contributed by atoms with Crippen LogP contribution in [0.4, 0.5) is 10.2 Å². The number of nitrogens with one attached hydrogen (secondary N) is 1. The molecular weight excluding hydrogens is 408 g/mol. The van der Waals surface area contributed by atoms with Gasteiger partial charge in [0.1, 0.15) is 11.6 Å². The fraction of sp³-hybridized carbons (Fsp3) is 0.250. The number of anilines is 1. The fourth-order valence-electron chi connectivity index (χ4n) is 1.94. The van der Waals surface area contributed by atoms with Crippen LogP contribution >= 0.6 is 24.0 Å². The summed E-state index contributed by atoms with van der Waals surface area (Å²) in [7, 11) is 3.81. The highest BCUT2D eigenvalue weighted by atomic mass is 127. The molecule has 0 atom stereocenters. The van der Waals surface area contributed by atoms with E-state index in [-0.39, 0.29) is 35.8 Å². The Morgan fingerprint density at radius 1 is 1.30 bits per heavy atom. The van der Waals surface area contributed by atoms with Gasteiger partial charge in [-0.15, -0.1) is 24.0 Å². The van der Waals surface area contributed by atoms with Gasteiger partial charge in [0.15, 0.2) is 5.96 Å². The molecule has 23 heavy (non-hydrogen) atoms. The molecule has 0 aliphatic heterocycles. The van der Waals surface area contributed by atoms with Gasteiger partial charge in [-0.25, -0.2) is 14.4 Å². The number of halogens is 2. The standard InChI is InChI=1S/C16H20FN5.HI/c1-22(2)11-13-7-6-12(9-14(13)17)10-20-16(18)21-15-5-3-4-8-19-15;/h3-9H,10-11H2,1-2H3,(H3,18,19,20,21);1H. The van der Waals surface area contributed by atoms with Crippen LogP contribution in [0.1, 0.15) is 11.1 Å². The van der Waals surface area contributed by atoms with Crippen LogP contribution in [0, 0.1) is 5.82 Å². The summed E-state index contributed by atoms with van der Waals surface area (Å²) in [5.41, 5.74) is 7.22. The topological polar surface area (TPSA) is 66.5 Å². The van der Waals surface area contributed by atoms with Crippen molar-refractivity contribution < 1.29 is 4.39 Å². The molecule has 124 valence electrons. The van der Waals surface area contributed by atoms with Crippen LogP contribution in [0.25, 0.3) is 0 Å². The van der Waals surface area contributed by atoms with Crippen molar-refractivity contribution in [3.8, 4) is 0 Å². The molecule has 1 heterocycles. The molecule has 0 aliphatic rings. The Bertz CT molecular complexity index is 646. The Morgan fingerprint density at radius 2 is 2.09 bits per heavy atom. The van der Waals surface area contributed by atoms with E-state index in [1.165, 1.54) is 6.07 Å². The van der Waals surface area contributed by atoms with Crippen molar-refractivity contribution in [2.45, 2.75) is 13.1 Å². The molecule has 0 saturated heterocycles. The van der Waals surface area contributed by atoms with Crippen LogP contribution in [-0.2, 0) is 13.1 Å². The second-order valence-corrected chi connectivity index (χ2v) is 5.20. The van der Waals surface area contributed by atoms with Gasteiger partial charge in [0.25, 0.3) is 0 Å². The summed E-state index contributed by atoms with van der Waals surface area (Å²) in [5, 5.41) is 2.88. The van der Waals surface area contributed by atoms with Crippen LogP contribution in [0.2, 0.25) is 0 Å². The van der Waals surface area contributed by atoms with E-state index in [1.807, 2.05) is 37.2 Å². The minimum absolute atomic E-state index is 0. The molecule has 1 aromatic carbocycles. The highest BCUT2D eigenvalue weighted by Gasteiger charge is 2.05. The van der Waals surface area contributed by atoms with E-state index in [0.717, 1.165) is 5.56 Å². The summed E-state index contributed by atoms with van der Waals surface area (Å²) in [6.45, 7) is 0.879. The Balaban J connectivity index is 0.00000264. The highest BCUT2D eigenvalue weighted by molar-refractivity contribution is 14.0. The minimum atomic E-state index is -0.224. The Morgan fingerprint density at radius 3 is 2.70 bits per heavy atom. The van der Waals surface area contributed by atoms with Crippen molar-refractivity contribution in [1.29, 1.82) is 0 Å². The van der Waals surface area contributed by atoms with Gasteiger partial charge in [-0.05, 0) is 37.9 Å². The lowest BCUT2D eigenvalue weighted by atomic mass is 10.1. The highest BCUT2D eigenvalue weighted by Crippen LogP contribution is 2.13. The van der Waals surface area contributed by atoms with E-state index in [2.05, 4.69) is 15.3 Å². The molecule has 0 bridgehead atoms. The number of nitrogens with two attached hydrogens (primary N) is 1. The SMILES string of the molecule is CN(C)Cc1ccc(CN=C(N)Nc2ccccn2)cc1F.I. The Labute approximate surface area is 152 Å². The predicted molar refractivity (Wildman–Crippen MR) is 102 cm³/mol. The fourth-order valence-corrected chi connectivity index (χ4v) is 1.94. The Kier molecular flexibility index (Phi) is 7.90. The number of guanidine groups is 1. The minimum Gasteiger partial charge on any atom is -0.370 e. The molecule has 2 aromatic rings. The summed E-state index contributed by atoms with van der Waals surface area (Å²) in [5.74, 6) is 0.644. The lowest BCUT2D eigenvalue weighted by Crippen LogP contribution is -2.23. The molecular formula is C16H21FIN5. The van der Waals surface area contributed by atoms with Gasteiger partial charge in [-0.1, -0.05) is 18.2 Å². The summed E-state index contributed by atoms with van der Waals surface area (Å²) in [6, 6.07) is 10.6. The van der Waals surface area contributed by atoms with E-state index >= 15 is 0 Å². The van der Waals surface area contributed by atoms with Gasteiger partial charge >= 0.3 is 0 Å². The third kappa shape index (κ3) is 6.49. The first-order valence-corrected chi connectivity index (χ1v) is 6.94. The maximum Gasteiger partial charge on any atom is 0.194 e. The number of rotatable bonds is 5. The number of nitrogens with zero attached hydrogens (tertiary/aromatic N) is 3. The van der Waals surface area contributed by atoms with E-state index in [9.17, 15) is 4.39 Å². The quantitative estimate of drug-likeness (QED) is 0.436. The van der Waals surface area contributed by atoms with Crippen LogP contribution in [0.3, 0.4) is 0 Å². The van der Waals surface area contributed by atoms with Crippen molar-refractivity contribution >= 4 is 35.8 Å². The van der Waals surface area contributed by atoms with Gasteiger partial charge in [-0.3, -0.25) is 0 Å². The zero-order valence-electron chi connectivity index (χ0n) is 13.2. The molecule has 0 amide bonds. The first kappa shape index (κ1) is 19.3. The molecule has 7 heteroatoms. The maximum atomic E-state index is 13.9. The lowest BCUT2D eigenvalue weighted by molar-refractivity contribution is 0.392. The lowest BCUT2D eigenvalue weighted by Gasteiger charge is -2.11. The number of aliphatic imine (C=N–C) groups is 1. The van der Waals surface area contributed by atoms with Crippen molar-refractivity contribution in [3.05, 3.63) is 59.5 Å². The number of benzene rings is 1. The zero-order chi connectivity index (χ0) is 15.9. The summed E-state index contributed by atoms with van der Waals surface area (Å²) >= 11 is 0. The Hall–Kier alpha value is -1.74. The molecule has 0 aliphatic carbocycles. The number of aromatic nitrogens is 1. The van der Waals surface area contributed by atoms with E-state index < -0.39 is 0 Å². The number of pyridine rings is 1. The molecule has 1 aromatic heterocycles. The summed E-state index contributed by atoms with van der Waals surface area (Å²) < 4.78 is 13.9. The predicted octanol–water partition coefficient (Wildman–Crippen LogP) is 2.83. The third-order valence-electron chi connectivity index (χ3n) is 2.96. The van der Waals surface area contributed by atoms with E-state index in [1.54, 1.807) is 18.3 Å².